The third-order valence-electron chi connectivity index (χ3n) is 2.46. The summed E-state index contributed by atoms with van der Waals surface area (Å²) in [5, 5.41) is 9.12. The number of aliphatic carboxylic acids is 1. The highest BCUT2D eigenvalue weighted by molar-refractivity contribution is 5.80. The molecule has 0 bridgehead atoms. The summed E-state index contributed by atoms with van der Waals surface area (Å²) in [6.45, 7) is 5.94. The summed E-state index contributed by atoms with van der Waals surface area (Å²) in [5.41, 5.74) is -0.634. The maximum Gasteiger partial charge on any atom is 0.410 e. The first-order valence-electron chi connectivity index (χ1n) is 5.48. The number of rotatable bonds is 3. The molecule has 6 heteroatoms. The summed E-state index contributed by atoms with van der Waals surface area (Å²) >= 11 is 0. The minimum atomic E-state index is -1.04. The van der Waals surface area contributed by atoms with E-state index in [-0.39, 0.29) is 5.92 Å². The Hall–Kier alpha value is -1.30. The van der Waals surface area contributed by atoms with Gasteiger partial charge < -0.3 is 14.6 Å². The van der Waals surface area contributed by atoms with Crippen molar-refractivity contribution in [1.29, 1.82) is 0 Å². The second kappa shape index (κ2) is 4.91. The Morgan fingerprint density at radius 2 is 1.94 bits per heavy atom. The molecular formula is C11H19NO5. The Labute approximate surface area is 100 Å². The largest absolute Gasteiger partial charge is 0.480 e. The first-order chi connectivity index (χ1) is 7.72. The number of nitrogens with zero attached hydrogens (tertiary/aromatic N) is 1. The molecule has 1 N–H and O–H groups in total. The van der Waals surface area contributed by atoms with Gasteiger partial charge in [-0.15, -0.1) is 0 Å². The molecule has 0 aliphatic carbocycles. The average Bonchev–Trinajstić information content (AvgIpc) is 2.06. The van der Waals surface area contributed by atoms with Crippen LogP contribution in [0.15, 0.2) is 0 Å². The lowest BCUT2D eigenvalue weighted by Gasteiger charge is -2.36. The van der Waals surface area contributed by atoms with E-state index in [9.17, 15) is 9.59 Å². The third kappa shape index (κ3) is 3.59. The van der Waals surface area contributed by atoms with Gasteiger partial charge in [0.05, 0.1) is 13.2 Å². The summed E-state index contributed by atoms with van der Waals surface area (Å²) in [6.07, 6.45) is -0.628. The monoisotopic (exact) mass is 245 g/mol. The van der Waals surface area contributed by atoms with E-state index in [0.717, 1.165) is 4.90 Å². The SMILES string of the molecule is CN(C(=O)OC(C)(C)C)C(C(=O)O)C1COC1. The lowest BCUT2D eigenvalue weighted by molar-refractivity contribution is -0.153. The van der Waals surface area contributed by atoms with Gasteiger partial charge in [0.25, 0.3) is 0 Å². The van der Waals surface area contributed by atoms with E-state index in [2.05, 4.69) is 0 Å². The molecule has 1 aliphatic heterocycles. The molecule has 6 nitrogen and oxygen atoms in total. The topological polar surface area (TPSA) is 76.1 Å². The van der Waals surface area contributed by atoms with Crippen molar-refractivity contribution < 1.29 is 24.2 Å². The molecule has 1 fully saturated rings. The molecule has 0 aromatic heterocycles. The van der Waals surface area contributed by atoms with Crippen LogP contribution in [0.1, 0.15) is 20.8 Å². The molecule has 17 heavy (non-hydrogen) atoms. The molecule has 1 heterocycles. The second-order valence-corrected chi connectivity index (χ2v) is 5.17. The summed E-state index contributed by atoms with van der Waals surface area (Å²) in [7, 11) is 1.44. The number of carbonyl (C=O) groups is 2. The van der Waals surface area contributed by atoms with E-state index in [4.69, 9.17) is 14.6 Å². The predicted molar refractivity (Wildman–Crippen MR) is 59.7 cm³/mol. The van der Waals surface area contributed by atoms with Crippen LogP contribution in [-0.2, 0) is 14.3 Å². The van der Waals surface area contributed by atoms with Crippen molar-refractivity contribution >= 4 is 12.1 Å². The Morgan fingerprint density at radius 3 is 2.24 bits per heavy atom. The van der Waals surface area contributed by atoms with Crippen molar-refractivity contribution in [1.82, 2.24) is 4.90 Å². The lowest BCUT2D eigenvalue weighted by Crippen LogP contribution is -2.54. The van der Waals surface area contributed by atoms with Crippen LogP contribution in [0, 0.1) is 5.92 Å². The van der Waals surface area contributed by atoms with Gasteiger partial charge in [0.1, 0.15) is 11.6 Å². The van der Waals surface area contributed by atoms with Crippen LogP contribution in [0.2, 0.25) is 0 Å². The van der Waals surface area contributed by atoms with Crippen LogP contribution >= 0.6 is 0 Å². The summed E-state index contributed by atoms with van der Waals surface area (Å²) in [5.74, 6) is -1.20. The number of amides is 1. The summed E-state index contributed by atoms with van der Waals surface area (Å²) < 4.78 is 10.1. The number of hydrogen-bond donors (Lipinski definition) is 1. The number of carboxylic acid groups (broad SMARTS) is 1. The van der Waals surface area contributed by atoms with Gasteiger partial charge in [0, 0.05) is 13.0 Å². The second-order valence-electron chi connectivity index (χ2n) is 5.17. The van der Waals surface area contributed by atoms with Crippen molar-refractivity contribution in [3.63, 3.8) is 0 Å². The predicted octanol–water partition coefficient (Wildman–Crippen LogP) is 0.953. The minimum absolute atomic E-state index is 0.162. The number of carboxylic acids is 1. The normalized spacial score (nSPS) is 18.1. The van der Waals surface area contributed by atoms with Gasteiger partial charge >= 0.3 is 12.1 Å². The Kier molecular flexibility index (Phi) is 3.98. The summed E-state index contributed by atoms with van der Waals surface area (Å²) in [6, 6.07) is -0.890. The number of likely N-dealkylation sites (N-methyl/N-ethyl adjacent to an activating group) is 1. The quantitative estimate of drug-likeness (QED) is 0.801. The van der Waals surface area contributed by atoms with Gasteiger partial charge in [0.15, 0.2) is 0 Å². The molecule has 0 spiro atoms. The van der Waals surface area contributed by atoms with Crippen molar-refractivity contribution in [3.8, 4) is 0 Å². The van der Waals surface area contributed by atoms with Crippen molar-refractivity contribution in [2.75, 3.05) is 20.3 Å². The van der Waals surface area contributed by atoms with E-state index < -0.39 is 23.7 Å². The van der Waals surface area contributed by atoms with Crippen molar-refractivity contribution in [2.45, 2.75) is 32.4 Å². The lowest BCUT2D eigenvalue weighted by atomic mass is 9.97. The Balaban J connectivity index is 2.67. The molecule has 0 saturated carbocycles. The van der Waals surface area contributed by atoms with E-state index in [0.29, 0.717) is 13.2 Å². The fraction of sp³-hybridized carbons (Fsp3) is 0.818. The number of hydrogen-bond acceptors (Lipinski definition) is 4. The molecule has 98 valence electrons. The zero-order chi connectivity index (χ0) is 13.2. The van der Waals surface area contributed by atoms with Crippen LogP contribution in [-0.4, -0.2) is 54.0 Å². The molecule has 1 atom stereocenters. The van der Waals surface area contributed by atoms with Gasteiger partial charge in [0.2, 0.25) is 0 Å². The van der Waals surface area contributed by atoms with Crippen molar-refractivity contribution in [3.05, 3.63) is 0 Å². The highest BCUT2D eigenvalue weighted by atomic mass is 16.6. The fourth-order valence-corrected chi connectivity index (χ4v) is 1.57. The molecular weight excluding hydrogens is 226 g/mol. The third-order valence-corrected chi connectivity index (χ3v) is 2.46. The maximum atomic E-state index is 11.7. The molecule has 1 amide bonds. The average molecular weight is 245 g/mol. The van der Waals surface area contributed by atoms with Crippen LogP contribution < -0.4 is 0 Å². The van der Waals surface area contributed by atoms with Crippen LogP contribution in [0.5, 0.6) is 0 Å². The summed E-state index contributed by atoms with van der Waals surface area (Å²) in [4.78, 5) is 24.0. The zero-order valence-electron chi connectivity index (χ0n) is 10.6. The van der Waals surface area contributed by atoms with E-state index in [1.54, 1.807) is 20.8 Å². The smallest absolute Gasteiger partial charge is 0.410 e. The van der Waals surface area contributed by atoms with Crippen LogP contribution in [0.4, 0.5) is 4.79 Å². The van der Waals surface area contributed by atoms with Gasteiger partial charge in [-0.25, -0.2) is 9.59 Å². The maximum absolute atomic E-state index is 11.7. The Bertz CT molecular complexity index is 305. The molecule has 1 rings (SSSR count). The van der Waals surface area contributed by atoms with Crippen LogP contribution in [0.25, 0.3) is 0 Å². The first kappa shape index (κ1) is 13.8. The zero-order valence-corrected chi connectivity index (χ0v) is 10.6. The molecule has 1 aliphatic rings. The molecule has 0 radical (unpaired) electrons. The number of ether oxygens (including phenoxy) is 2. The van der Waals surface area contributed by atoms with Gasteiger partial charge in [-0.05, 0) is 20.8 Å². The van der Waals surface area contributed by atoms with Crippen molar-refractivity contribution in [2.24, 2.45) is 5.92 Å². The van der Waals surface area contributed by atoms with E-state index >= 15 is 0 Å². The number of carbonyl (C=O) groups excluding carboxylic acids is 1. The Morgan fingerprint density at radius 1 is 1.41 bits per heavy atom. The van der Waals surface area contributed by atoms with Gasteiger partial charge in [-0.1, -0.05) is 0 Å². The standard InChI is InChI=1S/C11H19NO5/c1-11(2,3)17-10(15)12(4)8(9(13)14)7-5-16-6-7/h7-8H,5-6H2,1-4H3,(H,13,14). The molecule has 0 aromatic rings. The first-order valence-corrected chi connectivity index (χ1v) is 5.48. The molecule has 1 saturated heterocycles. The highest BCUT2D eigenvalue weighted by Crippen LogP contribution is 2.21. The molecule has 1 unspecified atom stereocenters. The molecule has 0 aromatic carbocycles. The van der Waals surface area contributed by atoms with Gasteiger partial charge in [-0.3, -0.25) is 4.90 Å². The van der Waals surface area contributed by atoms with Gasteiger partial charge in [-0.2, -0.15) is 0 Å². The van der Waals surface area contributed by atoms with E-state index in [1.165, 1.54) is 7.05 Å². The fourth-order valence-electron chi connectivity index (χ4n) is 1.57. The highest BCUT2D eigenvalue weighted by Gasteiger charge is 2.39. The van der Waals surface area contributed by atoms with E-state index in [1.807, 2.05) is 0 Å². The van der Waals surface area contributed by atoms with Crippen LogP contribution in [0.3, 0.4) is 0 Å². The minimum Gasteiger partial charge on any atom is -0.480 e.